The van der Waals surface area contributed by atoms with Crippen LogP contribution in [0.1, 0.15) is 46.1 Å². The summed E-state index contributed by atoms with van der Waals surface area (Å²) in [6, 6.07) is 11.2. The molecule has 0 saturated heterocycles. The summed E-state index contributed by atoms with van der Waals surface area (Å²) < 4.78 is 1.66. The van der Waals surface area contributed by atoms with E-state index in [-0.39, 0.29) is 17.6 Å². The number of aryl methyl sites for hydroxylation is 1. The number of nitrogens with one attached hydrogen (secondary N) is 1. The number of nitrogens with zero attached hydrogens (tertiary/aromatic N) is 3. The SMILES string of the molecule is CCN(CC)C(=O)c1nc(C(=O)Nc2cccc(C)c2C)n2ccccc12. The van der Waals surface area contributed by atoms with Crippen LogP contribution in [0, 0.1) is 13.8 Å². The van der Waals surface area contributed by atoms with E-state index in [0.717, 1.165) is 16.8 Å². The summed E-state index contributed by atoms with van der Waals surface area (Å²) >= 11 is 0. The van der Waals surface area contributed by atoms with E-state index in [1.165, 1.54) is 0 Å². The van der Waals surface area contributed by atoms with E-state index in [1.807, 2.05) is 58.0 Å². The van der Waals surface area contributed by atoms with E-state index in [1.54, 1.807) is 21.6 Å². The molecule has 0 atom stereocenters. The third-order valence-corrected chi connectivity index (χ3v) is 4.86. The average molecular weight is 364 g/mol. The van der Waals surface area contributed by atoms with Gasteiger partial charge < -0.3 is 10.2 Å². The Labute approximate surface area is 158 Å². The molecule has 0 aliphatic rings. The summed E-state index contributed by atoms with van der Waals surface area (Å²) in [6.07, 6.45) is 1.75. The third kappa shape index (κ3) is 3.43. The van der Waals surface area contributed by atoms with Crippen molar-refractivity contribution in [3.63, 3.8) is 0 Å². The van der Waals surface area contributed by atoms with Crippen LogP contribution >= 0.6 is 0 Å². The topological polar surface area (TPSA) is 66.7 Å². The van der Waals surface area contributed by atoms with Gasteiger partial charge in [0.05, 0.1) is 5.52 Å². The fraction of sp³-hybridized carbons (Fsp3) is 0.286. The summed E-state index contributed by atoms with van der Waals surface area (Å²) in [5.41, 5.74) is 3.76. The van der Waals surface area contributed by atoms with Gasteiger partial charge in [-0.3, -0.25) is 14.0 Å². The Balaban J connectivity index is 2.03. The summed E-state index contributed by atoms with van der Waals surface area (Å²) in [7, 11) is 0. The second kappa shape index (κ2) is 7.61. The van der Waals surface area contributed by atoms with Crippen molar-refractivity contribution < 1.29 is 9.59 Å². The number of fused-ring (bicyclic) bond motifs is 1. The maximum Gasteiger partial charge on any atom is 0.292 e. The molecular weight excluding hydrogens is 340 g/mol. The summed E-state index contributed by atoms with van der Waals surface area (Å²) in [5.74, 6) is -0.319. The van der Waals surface area contributed by atoms with Gasteiger partial charge in [0.15, 0.2) is 5.69 Å². The lowest BCUT2D eigenvalue weighted by Gasteiger charge is -2.17. The number of hydrogen-bond acceptors (Lipinski definition) is 3. The monoisotopic (exact) mass is 364 g/mol. The fourth-order valence-corrected chi connectivity index (χ4v) is 3.08. The van der Waals surface area contributed by atoms with Crippen LogP contribution in [0.3, 0.4) is 0 Å². The first-order valence-corrected chi connectivity index (χ1v) is 9.11. The first-order valence-electron chi connectivity index (χ1n) is 9.11. The third-order valence-electron chi connectivity index (χ3n) is 4.86. The molecular formula is C21H24N4O2. The van der Waals surface area contributed by atoms with Gasteiger partial charge in [-0.1, -0.05) is 18.2 Å². The van der Waals surface area contributed by atoms with Crippen molar-refractivity contribution in [2.75, 3.05) is 18.4 Å². The van der Waals surface area contributed by atoms with Gasteiger partial charge in [0.25, 0.3) is 11.8 Å². The van der Waals surface area contributed by atoms with E-state index in [0.29, 0.717) is 24.3 Å². The number of carbonyl (C=O) groups excluding carboxylic acids is 2. The molecule has 6 heteroatoms. The molecule has 0 bridgehead atoms. The number of imidazole rings is 1. The Hall–Kier alpha value is -3.15. The largest absolute Gasteiger partial charge is 0.338 e. The zero-order valence-electron chi connectivity index (χ0n) is 16.1. The lowest BCUT2D eigenvalue weighted by molar-refractivity contribution is 0.0769. The second-order valence-electron chi connectivity index (χ2n) is 6.42. The van der Waals surface area contributed by atoms with Crippen LogP contribution in [0.25, 0.3) is 5.52 Å². The van der Waals surface area contributed by atoms with Crippen LogP contribution in [0.4, 0.5) is 5.69 Å². The Morgan fingerprint density at radius 3 is 2.52 bits per heavy atom. The summed E-state index contributed by atoms with van der Waals surface area (Å²) in [5, 5.41) is 2.92. The van der Waals surface area contributed by atoms with Crippen LogP contribution in [0.5, 0.6) is 0 Å². The Bertz CT molecular complexity index is 1000. The normalized spacial score (nSPS) is 10.8. The second-order valence-corrected chi connectivity index (χ2v) is 6.42. The van der Waals surface area contributed by atoms with Crippen molar-refractivity contribution in [3.8, 4) is 0 Å². The minimum Gasteiger partial charge on any atom is -0.338 e. The molecule has 0 fully saturated rings. The molecule has 140 valence electrons. The predicted octanol–water partition coefficient (Wildman–Crippen LogP) is 3.69. The van der Waals surface area contributed by atoms with Gasteiger partial charge in [-0.25, -0.2) is 4.98 Å². The molecule has 3 aromatic rings. The Morgan fingerprint density at radius 2 is 1.81 bits per heavy atom. The van der Waals surface area contributed by atoms with Crippen LogP contribution < -0.4 is 5.32 Å². The molecule has 2 amide bonds. The molecule has 6 nitrogen and oxygen atoms in total. The fourth-order valence-electron chi connectivity index (χ4n) is 3.08. The van der Waals surface area contributed by atoms with Gasteiger partial charge in [0, 0.05) is 25.0 Å². The van der Waals surface area contributed by atoms with Gasteiger partial charge in [-0.15, -0.1) is 0 Å². The highest BCUT2D eigenvalue weighted by molar-refractivity contribution is 6.06. The summed E-state index contributed by atoms with van der Waals surface area (Å²) in [4.78, 5) is 31.9. The zero-order valence-corrected chi connectivity index (χ0v) is 16.1. The van der Waals surface area contributed by atoms with Crippen molar-refractivity contribution in [3.05, 3.63) is 65.2 Å². The minimum atomic E-state index is -0.344. The molecule has 2 heterocycles. The van der Waals surface area contributed by atoms with Crippen LogP contribution in [0.15, 0.2) is 42.6 Å². The van der Waals surface area contributed by atoms with Crippen molar-refractivity contribution in [2.45, 2.75) is 27.7 Å². The molecule has 0 spiro atoms. The molecule has 0 aliphatic heterocycles. The van der Waals surface area contributed by atoms with Crippen molar-refractivity contribution in [1.82, 2.24) is 14.3 Å². The molecule has 1 N–H and O–H groups in total. The predicted molar refractivity (Wildman–Crippen MR) is 106 cm³/mol. The number of benzene rings is 1. The van der Waals surface area contributed by atoms with Crippen LogP contribution in [0.2, 0.25) is 0 Å². The van der Waals surface area contributed by atoms with Gasteiger partial charge >= 0.3 is 0 Å². The molecule has 27 heavy (non-hydrogen) atoms. The maximum absolute atomic E-state index is 12.9. The number of rotatable bonds is 5. The minimum absolute atomic E-state index is 0.172. The quantitative estimate of drug-likeness (QED) is 0.751. The zero-order chi connectivity index (χ0) is 19.6. The van der Waals surface area contributed by atoms with Gasteiger partial charge in [-0.2, -0.15) is 0 Å². The average Bonchev–Trinajstić information content (AvgIpc) is 3.06. The van der Waals surface area contributed by atoms with Crippen molar-refractivity contribution in [2.24, 2.45) is 0 Å². The maximum atomic E-state index is 12.9. The Morgan fingerprint density at radius 1 is 1.07 bits per heavy atom. The number of hydrogen-bond donors (Lipinski definition) is 1. The molecule has 0 radical (unpaired) electrons. The van der Waals surface area contributed by atoms with E-state index < -0.39 is 0 Å². The van der Waals surface area contributed by atoms with E-state index >= 15 is 0 Å². The molecule has 0 unspecified atom stereocenters. The smallest absolute Gasteiger partial charge is 0.292 e. The molecule has 1 aromatic carbocycles. The van der Waals surface area contributed by atoms with E-state index in [4.69, 9.17) is 0 Å². The molecule has 2 aromatic heterocycles. The van der Waals surface area contributed by atoms with E-state index in [2.05, 4.69) is 10.3 Å². The lowest BCUT2D eigenvalue weighted by Crippen LogP contribution is -2.31. The van der Waals surface area contributed by atoms with Crippen LogP contribution in [-0.2, 0) is 0 Å². The van der Waals surface area contributed by atoms with Crippen molar-refractivity contribution in [1.29, 1.82) is 0 Å². The molecule has 0 aliphatic carbocycles. The highest BCUT2D eigenvalue weighted by atomic mass is 16.2. The first kappa shape index (κ1) is 18.6. The number of pyridine rings is 1. The van der Waals surface area contributed by atoms with Crippen molar-refractivity contribution >= 4 is 23.0 Å². The summed E-state index contributed by atoms with van der Waals surface area (Å²) in [6.45, 7) is 8.98. The molecule has 3 rings (SSSR count). The Kier molecular flexibility index (Phi) is 5.26. The number of amides is 2. The number of aromatic nitrogens is 2. The standard InChI is InChI=1S/C21H24N4O2/c1-5-24(6-2)21(27)18-17-12-7-8-13-25(17)19(23-18)20(26)22-16-11-9-10-14(3)15(16)4/h7-13H,5-6H2,1-4H3,(H,22,26). The lowest BCUT2D eigenvalue weighted by atomic mass is 10.1. The highest BCUT2D eigenvalue weighted by Crippen LogP contribution is 2.20. The first-order chi connectivity index (χ1) is 13.0. The van der Waals surface area contributed by atoms with E-state index in [9.17, 15) is 9.59 Å². The van der Waals surface area contributed by atoms with Gasteiger partial charge in [0.2, 0.25) is 5.82 Å². The van der Waals surface area contributed by atoms with Gasteiger partial charge in [-0.05, 0) is 57.0 Å². The number of anilines is 1. The number of carbonyl (C=O) groups is 2. The van der Waals surface area contributed by atoms with Gasteiger partial charge in [0.1, 0.15) is 0 Å². The highest BCUT2D eigenvalue weighted by Gasteiger charge is 2.24. The van der Waals surface area contributed by atoms with Crippen LogP contribution in [-0.4, -0.2) is 39.2 Å². The molecule has 0 saturated carbocycles.